The highest BCUT2D eigenvalue weighted by Gasteiger charge is 2.31. The number of aryl methyl sites for hydroxylation is 1. The van der Waals surface area contributed by atoms with Crippen molar-refractivity contribution in [2.75, 3.05) is 6.54 Å². The molecule has 1 atom stereocenters. The van der Waals surface area contributed by atoms with E-state index in [2.05, 4.69) is 10.2 Å². The molecule has 1 aromatic heterocycles. The molecule has 1 saturated heterocycles. The van der Waals surface area contributed by atoms with Crippen LogP contribution < -0.4 is 0 Å². The molecule has 174 valence electrons. The lowest BCUT2D eigenvalue weighted by Crippen LogP contribution is -2.41. The smallest absolute Gasteiger partial charge is 0.338 e. The number of nitrogens with zero attached hydrogens (tertiary/aromatic N) is 3. The van der Waals surface area contributed by atoms with Crippen LogP contribution in [0.15, 0.2) is 51.8 Å². The zero-order valence-corrected chi connectivity index (χ0v) is 19.9. The van der Waals surface area contributed by atoms with Gasteiger partial charge in [0.25, 0.3) is 5.89 Å². The Labute approximate surface area is 197 Å². The molecule has 0 N–H and O–H groups in total. The molecular formula is C23H24ClN3O5S. The molecule has 0 spiro atoms. The van der Waals surface area contributed by atoms with Crippen molar-refractivity contribution in [3.63, 3.8) is 0 Å². The van der Waals surface area contributed by atoms with Crippen LogP contribution in [0.3, 0.4) is 0 Å². The Balaban J connectivity index is 1.48. The maximum atomic E-state index is 13.2. The first kappa shape index (κ1) is 23.4. The highest BCUT2D eigenvalue weighted by molar-refractivity contribution is 7.89. The summed E-state index contributed by atoms with van der Waals surface area (Å²) in [5, 5.41) is 8.44. The number of aromatic nitrogens is 2. The maximum Gasteiger partial charge on any atom is 0.338 e. The lowest BCUT2D eigenvalue weighted by molar-refractivity contribution is 0.0437. The van der Waals surface area contributed by atoms with E-state index in [-0.39, 0.29) is 34.9 Å². The monoisotopic (exact) mass is 489 g/mol. The van der Waals surface area contributed by atoms with Crippen molar-refractivity contribution in [3.05, 3.63) is 64.5 Å². The number of hydrogen-bond donors (Lipinski definition) is 0. The maximum absolute atomic E-state index is 13.2. The Hall–Kier alpha value is -2.75. The molecule has 0 radical (unpaired) electrons. The van der Waals surface area contributed by atoms with Crippen molar-refractivity contribution in [2.24, 2.45) is 0 Å². The number of carbonyl (C=O) groups excluding carboxylic acids is 1. The van der Waals surface area contributed by atoms with E-state index in [0.29, 0.717) is 22.7 Å². The van der Waals surface area contributed by atoms with Crippen LogP contribution in [0.2, 0.25) is 5.02 Å². The van der Waals surface area contributed by atoms with Crippen LogP contribution in [0.5, 0.6) is 0 Å². The minimum atomic E-state index is -3.71. The largest absolute Gasteiger partial charge is 0.452 e. The van der Waals surface area contributed by atoms with Gasteiger partial charge in [-0.3, -0.25) is 0 Å². The van der Waals surface area contributed by atoms with Gasteiger partial charge < -0.3 is 9.15 Å². The summed E-state index contributed by atoms with van der Waals surface area (Å²) in [4.78, 5) is 12.8. The Morgan fingerprint density at radius 1 is 1.18 bits per heavy atom. The highest BCUT2D eigenvalue weighted by atomic mass is 35.5. The zero-order chi connectivity index (χ0) is 23.6. The number of carbonyl (C=O) groups is 1. The van der Waals surface area contributed by atoms with E-state index >= 15 is 0 Å². The summed E-state index contributed by atoms with van der Waals surface area (Å²) >= 11 is 5.89. The Bertz CT molecular complexity index is 1260. The third-order valence-electron chi connectivity index (χ3n) is 5.66. The summed E-state index contributed by atoms with van der Waals surface area (Å²) in [5.74, 6) is -0.267. The van der Waals surface area contributed by atoms with Crippen molar-refractivity contribution in [1.82, 2.24) is 14.5 Å². The normalized spacial score (nSPS) is 17.1. The van der Waals surface area contributed by atoms with Gasteiger partial charge in [0.2, 0.25) is 15.9 Å². The van der Waals surface area contributed by atoms with Gasteiger partial charge in [-0.2, -0.15) is 4.31 Å². The molecule has 10 heteroatoms. The Morgan fingerprint density at radius 2 is 1.94 bits per heavy atom. The molecule has 1 unspecified atom stereocenters. The standard InChI is InChI=1S/C23H24ClN3O5S/c1-15-6-11-19(33(29,30)27-12-4-3-5-16(27)2)13-20(15)23(28)31-14-21-25-26-22(32-21)17-7-9-18(24)10-8-17/h6-11,13,16H,3-5,12,14H2,1-2H3. The molecule has 0 amide bonds. The van der Waals surface area contributed by atoms with Crippen molar-refractivity contribution < 1.29 is 22.4 Å². The predicted octanol–water partition coefficient (Wildman–Crippen LogP) is 4.62. The Kier molecular flexibility index (Phi) is 6.83. The van der Waals surface area contributed by atoms with Gasteiger partial charge in [0.15, 0.2) is 6.61 Å². The summed E-state index contributed by atoms with van der Waals surface area (Å²) in [6.45, 7) is 3.87. The lowest BCUT2D eigenvalue weighted by atomic mass is 10.1. The van der Waals surface area contributed by atoms with Gasteiger partial charge in [-0.05, 0) is 68.7 Å². The first-order valence-corrected chi connectivity index (χ1v) is 12.5. The average Bonchev–Trinajstić information content (AvgIpc) is 3.27. The van der Waals surface area contributed by atoms with Gasteiger partial charge in [-0.25, -0.2) is 13.2 Å². The van der Waals surface area contributed by atoms with Gasteiger partial charge in [0.1, 0.15) is 0 Å². The lowest BCUT2D eigenvalue weighted by Gasteiger charge is -2.32. The van der Waals surface area contributed by atoms with Gasteiger partial charge in [0, 0.05) is 23.2 Å². The van der Waals surface area contributed by atoms with Gasteiger partial charge in [-0.15, -0.1) is 10.2 Å². The summed E-state index contributed by atoms with van der Waals surface area (Å²) in [7, 11) is -3.71. The fraction of sp³-hybridized carbons (Fsp3) is 0.348. The van der Waals surface area contributed by atoms with E-state index < -0.39 is 16.0 Å². The summed E-state index contributed by atoms with van der Waals surface area (Å²) in [6.07, 6.45) is 2.66. The topological polar surface area (TPSA) is 103 Å². The van der Waals surface area contributed by atoms with Crippen LogP contribution >= 0.6 is 11.6 Å². The quantitative estimate of drug-likeness (QED) is 0.465. The van der Waals surface area contributed by atoms with Crippen molar-refractivity contribution in [1.29, 1.82) is 0 Å². The van der Waals surface area contributed by atoms with E-state index in [4.69, 9.17) is 20.8 Å². The summed E-state index contributed by atoms with van der Waals surface area (Å²) < 4.78 is 38.7. The van der Waals surface area contributed by atoms with E-state index in [9.17, 15) is 13.2 Å². The molecule has 0 saturated carbocycles. The number of hydrogen-bond acceptors (Lipinski definition) is 7. The molecular weight excluding hydrogens is 466 g/mol. The predicted molar refractivity (Wildman–Crippen MR) is 122 cm³/mol. The van der Waals surface area contributed by atoms with Crippen LogP contribution in [-0.2, 0) is 21.4 Å². The van der Waals surface area contributed by atoms with Gasteiger partial charge in [0.05, 0.1) is 10.5 Å². The summed E-state index contributed by atoms with van der Waals surface area (Å²) in [5.41, 5.74) is 1.47. The first-order chi connectivity index (χ1) is 15.8. The number of piperidine rings is 1. The molecule has 1 fully saturated rings. The summed E-state index contributed by atoms with van der Waals surface area (Å²) in [6, 6.07) is 11.3. The van der Waals surface area contributed by atoms with Crippen molar-refractivity contribution >= 4 is 27.6 Å². The molecule has 1 aliphatic heterocycles. The minimum Gasteiger partial charge on any atom is -0.452 e. The van der Waals surface area contributed by atoms with Crippen LogP contribution in [0.1, 0.15) is 48.0 Å². The van der Waals surface area contributed by atoms with E-state index in [1.807, 2.05) is 6.92 Å². The number of ether oxygens (including phenoxy) is 1. The van der Waals surface area contributed by atoms with E-state index in [1.54, 1.807) is 37.3 Å². The zero-order valence-electron chi connectivity index (χ0n) is 18.3. The second kappa shape index (κ2) is 9.62. The third kappa shape index (κ3) is 5.10. The minimum absolute atomic E-state index is 0.0761. The number of rotatable bonds is 6. The molecule has 2 aromatic carbocycles. The third-order valence-corrected chi connectivity index (χ3v) is 7.92. The number of sulfonamides is 1. The number of benzene rings is 2. The van der Waals surface area contributed by atoms with Crippen LogP contribution in [-0.4, -0.2) is 41.5 Å². The molecule has 3 aromatic rings. The van der Waals surface area contributed by atoms with E-state index in [0.717, 1.165) is 19.3 Å². The average molecular weight is 490 g/mol. The number of esters is 1. The first-order valence-electron chi connectivity index (χ1n) is 10.6. The SMILES string of the molecule is Cc1ccc(S(=O)(=O)N2CCCCC2C)cc1C(=O)OCc1nnc(-c2ccc(Cl)cc2)o1. The Morgan fingerprint density at radius 3 is 2.67 bits per heavy atom. The molecule has 2 heterocycles. The fourth-order valence-electron chi connectivity index (χ4n) is 3.77. The molecule has 33 heavy (non-hydrogen) atoms. The molecule has 8 nitrogen and oxygen atoms in total. The van der Waals surface area contributed by atoms with E-state index in [1.165, 1.54) is 16.4 Å². The van der Waals surface area contributed by atoms with Crippen molar-refractivity contribution in [3.8, 4) is 11.5 Å². The molecule has 0 bridgehead atoms. The molecule has 1 aliphatic rings. The second-order valence-corrected chi connectivity index (χ2v) is 10.3. The fourth-order valence-corrected chi connectivity index (χ4v) is 5.62. The number of halogens is 1. The molecule has 4 rings (SSSR count). The van der Waals surface area contributed by atoms with Crippen molar-refractivity contribution in [2.45, 2.75) is 50.7 Å². The van der Waals surface area contributed by atoms with Crippen LogP contribution in [0, 0.1) is 6.92 Å². The van der Waals surface area contributed by atoms with Gasteiger partial charge in [-0.1, -0.05) is 24.1 Å². The second-order valence-electron chi connectivity index (χ2n) is 8.02. The van der Waals surface area contributed by atoms with Crippen LogP contribution in [0.4, 0.5) is 0 Å². The highest BCUT2D eigenvalue weighted by Crippen LogP contribution is 2.27. The molecule has 0 aliphatic carbocycles. The van der Waals surface area contributed by atoms with Gasteiger partial charge >= 0.3 is 5.97 Å². The van der Waals surface area contributed by atoms with Crippen LogP contribution in [0.25, 0.3) is 11.5 Å².